The summed E-state index contributed by atoms with van der Waals surface area (Å²) in [4.78, 5) is 57.8. The van der Waals surface area contributed by atoms with Gasteiger partial charge >= 0.3 is 5.97 Å². The fraction of sp³-hybridized carbons (Fsp3) is 0.567. The largest absolute Gasteiger partial charge is 0.458 e. The molecule has 0 saturated heterocycles. The summed E-state index contributed by atoms with van der Waals surface area (Å²) >= 11 is 0. The maximum absolute atomic E-state index is 13.8. The molecule has 0 spiro atoms. The van der Waals surface area contributed by atoms with E-state index in [0.717, 1.165) is 0 Å². The number of nitrogens with one attached hydrogen (secondary N) is 1. The van der Waals surface area contributed by atoms with Crippen LogP contribution >= 0.6 is 0 Å². The first kappa shape index (κ1) is 32.5. The van der Waals surface area contributed by atoms with Gasteiger partial charge in [-0.2, -0.15) is 0 Å². The Hall–Kier alpha value is -3.69. The van der Waals surface area contributed by atoms with E-state index in [4.69, 9.17) is 4.74 Å². The van der Waals surface area contributed by atoms with Gasteiger partial charge in [0.05, 0.1) is 6.33 Å². The number of carbonyl (C=O) groups is 4. The van der Waals surface area contributed by atoms with Crippen LogP contribution in [0.4, 0.5) is 0 Å². The summed E-state index contributed by atoms with van der Waals surface area (Å²) in [7, 11) is 0. The highest BCUT2D eigenvalue weighted by Crippen LogP contribution is 2.20. The molecule has 10 nitrogen and oxygen atoms in total. The summed E-state index contributed by atoms with van der Waals surface area (Å²) in [6, 6.07) is 7.62. The lowest BCUT2D eigenvalue weighted by atomic mass is 10.1. The summed E-state index contributed by atoms with van der Waals surface area (Å²) in [5, 5.41) is 5.49. The second-order valence-electron chi connectivity index (χ2n) is 11.7. The van der Waals surface area contributed by atoms with Gasteiger partial charge < -0.3 is 14.6 Å². The summed E-state index contributed by atoms with van der Waals surface area (Å²) in [5.74, 6) is -1.38. The lowest BCUT2D eigenvalue weighted by Gasteiger charge is -2.41. The van der Waals surface area contributed by atoms with Crippen molar-refractivity contribution in [3.8, 4) is 0 Å². The molecule has 1 atom stereocenters. The highest BCUT2D eigenvalue weighted by Gasteiger charge is 2.39. The van der Waals surface area contributed by atoms with Gasteiger partial charge in [0.2, 0.25) is 5.91 Å². The van der Waals surface area contributed by atoms with Crippen molar-refractivity contribution in [2.75, 3.05) is 13.1 Å². The standard InChI is InChI=1S/C30H45N5O5/c1-22(2)13-14-26(36)35(34(19-23(3)4)27(37)20-33-18-17-31-21-33)25(29(39)40-30(5,6)7)15-16-32-28(38)24-11-9-8-10-12-24/h8-12,17-18,21-23,25H,13-16,19-20H2,1-7H3,(H,32,38)/t25-/m0/s1. The summed E-state index contributed by atoms with van der Waals surface area (Å²) in [5.41, 5.74) is -0.336. The number of aromatic nitrogens is 2. The monoisotopic (exact) mass is 555 g/mol. The molecule has 2 aromatic rings. The number of hydrogen-bond donors (Lipinski definition) is 1. The van der Waals surface area contributed by atoms with Crippen molar-refractivity contribution in [1.82, 2.24) is 24.9 Å². The fourth-order valence-corrected chi connectivity index (χ4v) is 4.00. The van der Waals surface area contributed by atoms with Crippen LogP contribution in [0.5, 0.6) is 0 Å². The molecule has 10 heteroatoms. The molecule has 1 N–H and O–H groups in total. The molecule has 220 valence electrons. The highest BCUT2D eigenvalue weighted by molar-refractivity contribution is 5.94. The number of carbonyl (C=O) groups excluding carboxylic acids is 4. The Morgan fingerprint density at radius 1 is 0.975 bits per heavy atom. The third-order valence-electron chi connectivity index (χ3n) is 5.87. The molecule has 0 radical (unpaired) electrons. The third kappa shape index (κ3) is 10.8. The first-order chi connectivity index (χ1) is 18.8. The number of ether oxygens (including phenoxy) is 1. The summed E-state index contributed by atoms with van der Waals surface area (Å²) in [6.45, 7) is 13.4. The van der Waals surface area contributed by atoms with Crippen molar-refractivity contribution in [2.45, 2.75) is 85.9 Å². The number of imidazole rings is 1. The van der Waals surface area contributed by atoms with Gasteiger partial charge in [-0.1, -0.05) is 45.9 Å². The molecule has 0 bridgehead atoms. The van der Waals surface area contributed by atoms with Crippen molar-refractivity contribution in [2.24, 2.45) is 11.8 Å². The Balaban J connectivity index is 2.45. The zero-order chi connectivity index (χ0) is 29.9. The van der Waals surface area contributed by atoms with E-state index in [2.05, 4.69) is 10.3 Å². The minimum absolute atomic E-state index is 0.00389. The van der Waals surface area contributed by atoms with E-state index in [1.165, 1.54) is 16.3 Å². The lowest BCUT2D eigenvalue weighted by molar-refractivity contribution is -0.185. The van der Waals surface area contributed by atoms with Crippen LogP contribution in [0.2, 0.25) is 0 Å². The molecule has 1 heterocycles. The Morgan fingerprint density at radius 2 is 1.65 bits per heavy atom. The minimum Gasteiger partial charge on any atom is -0.458 e. The Bertz CT molecular complexity index is 1090. The molecule has 0 fully saturated rings. The van der Waals surface area contributed by atoms with Gasteiger partial charge in [-0.05, 0) is 57.6 Å². The molecule has 1 aromatic heterocycles. The number of nitrogens with zero attached hydrogens (tertiary/aromatic N) is 4. The predicted octanol–water partition coefficient (Wildman–Crippen LogP) is 4.08. The van der Waals surface area contributed by atoms with E-state index in [9.17, 15) is 19.2 Å². The van der Waals surface area contributed by atoms with Crippen molar-refractivity contribution in [1.29, 1.82) is 0 Å². The highest BCUT2D eigenvalue weighted by atomic mass is 16.6. The summed E-state index contributed by atoms with van der Waals surface area (Å²) in [6.07, 6.45) is 5.58. The minimum atomic E-state index is -1.12. The maximum Gasteiger partial charge on any atom is 0.331 e. The third-order valence-corrected chi connectivity index (χ3v) is 5.87. The van der Waals surface area contributed by atoms with Gasteiger partial charge in [-0.15, -0.1) is 0 Å². The van der Waals surface area contributed by atoms with E-state index in [0.29, 0.717) is 12.0 Å². The van der Waals surface area contributed by atoms with Crippen molar-refractivity contribution in [3.63, 3.8) is 0 Å². The van der Waals surface area contributed by atoms with Gasteiger partial charge in [-0.3, -0.25) is 14.4 Å². The molecular formula is C30H45N5O5. The van der Waals surface area contributed by atoms with Gasteiger partial charge in [0, 0.05) is 37.5 Å². The van der Waals surface area contributed by atoms with Crippen LogP contribution in [-0.4, -0.2) is 68.0 Å². The maximum atomic E-state index is 13.8. The number of rotatable bonds is 13. The van der Waals surface area contributed by atoms with Crippen LogP contribution in [-0.2, 0) is 25.7 Å². The smallest absolute Gasteiger partial charge is 0.331 e. The van der Waals surface area contributed by atoms with Gasteiger partial charge in [0.15, 0.2) is 6.04 Å². The Kier molecular flexibility index (Phi) is 12.4. The molecular weight excluding hydrogens is 510 g/mol. The van der Waals surface area contributed by atoms with Crippen molar-refractivity contribution < 1.29 is 23.9 Å². The van der Waals surface area contributed by atoms with E-state index in [1.54, 1.807) is 62.0 Å². The predicted molar refractivity (Wildman–Crippen MR) is 153 cm³/mol. The first-order valence-electron chi connectivity index (χ1n) is 13.9. The quantitative estimate of drug-likeness (QED) is 0.294. The normalized spacial score (nSPS) is 12.2. The van der Waals surface area contributed by atoms with E-state index >= 15 is 0 Å². The zero-order valence-corrected chi connectivity index (χ0v) is 24.9. The Labute approximate surface area is 238 Å². The lowest BCUT2D eigenvalue weighted by Crippen LogP contribution is -2.60. The van der Waals surface area contributed by atoms with Crippen LogP contribution in [0.1, 0.15) is 78.1 Å². The molecule has 0 aliphatic heterocycles. The van der Waals surface area contributed by atoms with Crippen LogP contribution < -0.4 is 5.32 Å². The van der Waals surface area contributed by atoms with Crippen molar-refractivity contribution in [3.05, 3.63) is 54.6 Å². The van der Waals surface area contributed by atoms with E-state index in [1.807, 2.05) is 33.8 Å². The van der Waals surface area contributed by atoms with E-state index in [-0.39, 0.29) is 62.0 Å². The first-order valence-corrected chi connectivity index (χ1v) is 13.9. The van der Waals surface area contributed by atoms with Crippen LogP contribution in [0.15, 0.2) is 49.1 Å². The molecule has 0 aliphatic rings. The number of hydrogen-bond acceptors (Lipinski definition) is 6. The zero-order valence-electron chi connectivity index (χ0n) is 24.9. The van der Waals surface area contributed by atoms with Crippen LogP contribution in [0, 0.1) is 11.8 Å². The van der Waals surface area contributed by atoms with Gasteiger partial charge in [-0.25, -0.2) is 19.8 Å². The molecule has 0 aliphatic carbocycles. The number of esters is 1. The van der Waals surface area contributed by atoms with Crippen LogP contribution in [0.25, 0.3) is 0 Å². The molecule has 2 rings (SSSR count). The number of benzene rings is 1. The van der Waals surface area contributed by atoms with Crippen molar-refractivity contribution >= 4 is 23.7 Å². The van der Waals surface area contributed by atoms with Crippen LogP contribution in [0.3, 0.4) is 0 Å². The number of hydrazine groups is 1. The average Bonchev–Trinajstić information content (AvgIpc) is 3.38. The average molecular weight is 556 g/mol. The molecule has 40 heavy (non-hydrogen) atoms. The molecule has 1 aromatic carbocycles. The Morgan fingerprint density at radius 3 is 2.20 bits per heavy atom. The summed E-state index contributed by atoms with van der Waals surface area (Å²) < 4.78 is 7.36. The van der Waals surface area contributed by atoms with Gasteiger partial charge in [0.1, 0.15) is 12.1 Å². The van der Waals surface area contributed by atoms with E-state index < -0.39 is 17.6 Å². The van der Waals surface area contributed by atoms with Gasteiger partial charge in [0.25, 0.3) is 11.8 Å². The topological polar surface area (TPSA) is 114 Å². The molecule has 0 unspecified atom stereocenters. The fourth-order valence-electron chi connectivity index (χ4n) is 4.00. The SMILES string of the molecule is CC(C)CCC(=O)N([C@@H](CCNC(=O)c1ccccc1)C(=O)OC(C)(C)C)N(CC(C)C)C(=O)Cn1ccnc1. The molecule has 0 saturated carbocycles. The second kappa shape index (κ2) is 15.2. The molecule has 3 amide bonds. The second-order valence-corrected chi connectivity index (χ2v) is 11.7. The number of amides is 3.